The number of aryl methyl sites for hydroxylation is 2. The molecule has 2 nitrogen and oxygen atoms in total. The second-order valence-electron chi connectivity index (χ2n) is 4.59. The Hall–Kier alpha value is -1.19. The zero-order chi connectivity index (χ0) is 14.7. The van der Waals surface area contributed by atoms with E-state index in [4.69, 9.17) is 21.1 Å². The van der Waals surface area contributed by atoms with Crippen molar-refractivity contribution in [3.63, 3.8) is 0 Å². The Balaban J connectivity index is 2.46. The van der Waals surface area contributed by atoms with Crippen molar-refractivity contribution in [1.29, 1.82) is 0 Å². The molecule has 0 aliphatic rings. The van der Waals surface area contributed by atoms with Gasteiger partial charge in [-0.25, -0.2) is 0 Å². The molecule has 108 valence electrons. The van der Waals surface area contributed by atoms with Gasteiger partial charge < -0.3 is 9.47 Å². The molecule has 1 heterocycles. The molecule has 0 amide bonds. The van der Waals surface area contributed by atoms with Crippen LogP contribution in [-0.2, 0) is 6.42 Å². The topological polar surface area (TPSA) is 18.5 Å². The molecule has 1 aromatic heterocycles. The van der Waals surface area contributed by atoms with E-state index in [-0.39, 0.29) is 5.38 Å². The predicted octanol–water partition coefficient (Wildman–Crippen LogP) is 4.96. The van der Waals surface area contributed by atoms with E-state index in [0.717, 1.165) is 23.3 Å². The Morgan fingerprint density at radius 2 is 1.85 bits per heavy atom. The van der Waals surface area contributed by atoms with Crippen molar-refractivity contribution >= 4 is 22.9 Å². The fourth-order valence-corrected chi connectivity index (χ4v) is 3.79. The summed E-state index contributed by atoms with van der Waals surface area (Å²) in [5, 5.41) is 1.95. The highest BCUT2D eigenvalue weighted by Crippen LogP contribution is 2.40. The minimum absolute atomic E-state index is 0.148. The number of benzene rings is 1. The minimum atomic E-state index is -0.148. The van der Waals surface area contributed by atoms with Gasteiger partial charge in [0.2, 0.25) is 0 Å². The summed E-state index contributed by atoms with van der Waals surface area (Å²) in [6.45, 7) is 4.20. The molecule has 2 aromatic rings. The normalized spacial score (nSPS) is 12.2. The summed E-state index contributed by atoms with van der Waals surface area (Å²) in [7, 11) is 3.28. The predicted molar refractivity (Wildman–Crippen MR) is 85.7 cm³/mol. The lowest BCUT2D eigenvalue weighted by Gasteiger charge is -2.17. The van der Waals surface area contributed by atoms with E-state index < -0.39 is 0 Å². The Kier molecular flexibility index (Phi) is 4.95. The summed E-state index contributed by atoms with van der Waals surface area (Å²) in [5.74, 6) is 1.45. The van der Waals surface area contributed by atoms with Crippen molar-refractivity contribution in [2.75, 3.05) is 14.2 Å². The van der Waals surface area contributed by atoms with Gasteiger partial charge in [-0.15, -0.1) is 22.9 Å². The summed E-state index contributed by atoms with van der Waals surface area (Å²) >= 11 is 8.41. The zero-order valence-corrected chi connectivity index (χ0v) is 13.8. The van der Waals surface area contributed by atoms with E-state index in [9.17, 15) is 0 Å². The molecule has 0 radical (unpaired) electrons. The molecular weight excluding hydrogens is 292 g/mol. The maximum atomic E-state index is 6.70. The average molecular weight is 311 g/mol. The number of hydrogen-bond acceptors (Lipinski definition) is 3. The van der Waals surface area contributed by atoms with Crippen molar-refractivity contribution in [2.24, 2.45) is 0 Å². The molecule has 0 saturated heterocycles. The van der Waals surface area contributed by atoms with Gasteiger partial charge in [-0.2, -0.15) is 0 Å². The van der Waals surface area contributed by atoms with Crippen LogP contribution in [0, 0.1) is 6.92 Å². The van der Waals surface area contributed by atoms with Crippen LogP contribution in [0.4, 0.5) is 0 Å². The second kappa shape index (κ2) is 6.51. The summed E-state index contributed by atoms with van der Waals surface area (Å²) in [6, 6.07) is 6.10. The monoisotopic (exact) mass is 310 g/mol. The molecule has 0 spiro atoms. The van der Waals surface area contributed by atoms with Crippen LogP contribution in [0.3, 0.4) is 0 Å². The van der Waals surface area contributed by atoms with Crippen LogP contribution < -0.4 is 9.47 Å². The Morgan fingerprint density at radius 1 is 1.20 bits per heavy atom. The van der Waals surface area contributed by atoms with Gasteiger partial charge in [0.1, 0.15) is 0 Å². The first kappa shape index (κ1) is 15.2. The Bertz CT molecular complexity index is 592. The molecule has 4 heteroatoms. The van der Waals surface area contributed by atoms with E-state index in [1.165, 1.54) is 10.4 Å². The van der Waals surface area contributed by atoms with Crippen molar-refractivity contribution in [1.82, 2.24) is 0 Å². The number of alkyl halides is 1. The molecule has 1 atom stereocenters. The molecule has 2 rings (SSSR count). The summed E-state index contributed by atoms with van der Waals surface area (Å²) < 4.78 is 10.7. The second-order valence-corrected chi connectivity index (χ2v) is 5.97. The molecule has 0 N–H and O–H groups in total. The van der Waals surface area contributed by atoms with Crippen LogP contribution in [0.1, 0.15) is 33.9 Å². The van der Waals surface area contributed by atoms with Gasteiger partial charge in [-0.1, -0.05) is 6.92 Å². The van der Waals surface area contributed by atoms with E-state index in [2.05, 4.69) is 18.4 Å². The van der Waals surface area contributed by atoms with Crippen LogP contribution >= 0.6 is 22.9 Å². The van der Waals surface area contributed by atoms with Gasteiger partial charge in [-0.05, 0) is 53.6 Å². The Morgan fingerprint density at radius 3 is 2.45 bits per heavy atom. The fourth-order valence-electron chi connectivity index (χ4n) is 2.27. The smallest absolute Gasteiger partial charge is 0.161 e. The van der Waals surface area contributed by atoms with Crippen molar-refractivity contribution in [3.8, 4) is 11.5 Å². The SMILES string of the molecule is CCc1ccsc1C(Cl)c1cc(OC)c(OC)cc1C. The van der Waals surface area contributed by atoms with Gasteiger partial charge in [-0.3, -0.25) is 0 Å². The average Bonchev–Trinajstić information content (AvgIpc) is 2.94. The summed E-state index contributed by atoms with van der Waals surface area (Å²) in [6.07, 6.45) is 0.994. The lowest BCUT2D eigenvalue weighted by atomic mass is 10.0. The maximum absolute atomic E-state index is 6.70. The number of rotatable bonds is 5. The number of methoxy groups -OCH3 is 2. The maximum Gasteiger partial charge on any atom is 0.161 e. The van der Waals surface area contributed by atoms with Crippen molar-refractivity contribution in [2.45, 2.75) is 25.6 Å². The number of ether oxygens (including phenoxy) is 2. The third-order valence-corrected chi connectivity index (χ3v) is 5.04. The van der Waals surface area contributed by atoms with Crippen molar-refractivity contribution < 1.29 is 9.47 Å². The standard InChI is InChI=1S/C16H19ClO2S/c1-5-11-6-7-20-16(11)15(17)12-9-14(19-4)13(18-3)8-10(12)2/h6-9,15H,5H2,1-4H3. The van der Waals surface area contributed by atoms with Gasteiger partial charge in [0, 0.05) is 4.88 Å². The first-order valence-electron chi connectivity index (χ1n) is 6.55. The number of halogens is 1. The molecule has 0 fully saturated rings. The largest absolute Gasteiger partial charge is 0.493 e. The van der Waals surface area contributed by atoms with Crippen LogP contribution in [0.25, 0.3) is 0 Å². The van der Waals surface area contributed by atoms with Gasteiger partial charge >= 0.3 is 0 Å². The molecule has 0 saturated carbocycles. The Labute approximate surface area is 129 Å². The van der Waals surface area contributed by atoms with Gasteiger partial charge in [0.25, 0.3) is 0 Å². The molecule has 0 aliphatic heterocycles. The summed E-state index contributed by atoms with van der Waals surface area (Å²) in [4.78, 5) is 1.21. The third kappa shape index (κ3) is 2.79. The molecule has 1 aromatic carbocycles. The molecule has 1 unspecified atom stereocenters. The van der Waals surface area contributed by atoms with E-state index in [1.54, 1.807) is 25.6 Å². The van der Waals surface area contributed by atoms with E-state index in [0.29, 0.717) is 5.75 Å². The highest BCUT2D eigenvalue weighted by molar-refractivity contribution is 7.10. The zero-order valence-electron chi connectivity index (χ0n) is 12.2. The van der Waals surface area contributed by atoms with E-state index in [1.807, 2.05) is 19.1 Å². The van der Waals surface area contributed by atoms with Crippen molar-refractivity contribution in [3.05, 3.63) is 45.1 Å². The first-order valence-corrected chi connectivity index (χ1v) is 7.86. The van der Waals surface area contributed by atoms with Crippen LogP contribution in [0.15, 0.2) is 23.6 Å². The quantitative estimate of drug-likeness (QED) is 0.726. The summed E-state index contributed by atoms with van der Waals surface area (Å²) in [5.41, 5.74) is 3.49. The van der Waals surface area contributed by atoms with Crippen LogP contribution in [0.2, 0.25) is 0 Å². The fraction of sp³-hybridized carbons (Fsp3) is 0.375. The molecular formula is C16H19ClO2S. The lowest BCUT2D eigenvalue weighted by Crippen LogP contribution is -2.00. The highest BCUT2D eigenvalue weighted by atomic mass is 35.5. The molecule has 20 heavy (non-hydrogen) atoms. The number of hydrogen-bond donors (Lipinski definition) is 0. The van der Waals surface area contributed by atoms with Gasteiger partial charge in [0.15, 0.2) is 11.5 Å². The highest BCUT2D eigenvalue weighted by Gasteiger charge is 2.20. The van der Waals surface area contributed by atoms with Gasteiger partial charge in [0.05, 0.1) is 19.6 Å². The minimum Gasteiger partial charge on any atom is -0.493 e. The molecule has 0 bridgehead atoms. The van der Waals surface area contributed by atoms with E-state index >= 15 is 0 Å². The van der Waals surface area contributed by atoms with Crippen LogP contribution in [-0.4, -0.2) is 14.2 Å². The third-order valence-electron chi connectivity index (χ3n) is 3.44. The lowest BCUT2D eigenvalue weighted by molar-refractivity contribution is 0.354. The number of thiophene rings is 1. The first-order chi connectivity index (χ1) is 9.62. The molecule has 0 aliphatic carbocycles. The van der Waals surface area contributed by atoms with Crippen LogP contribution in [0.5, 0.6) is 11.5 Å².